The van der Waals surface area contributed by atoms with Crippen LogP contribution in [0.25, 0.3) is 0 Å². The second kappa shape index (κ2) is 5.29. The molecule has 0 amide bonds. The Balaban J connectivity index is 2.26. The number of halogens is 1. The first kappa shape index (κ1) is 12.1. The first-order valence-electron chi connectivity index (χ1n) is 5.28. The minimum atomic E-state index is 0.484. The van der Waals surface area contributed by atoms with Crippen LogP contribution < -0.4 is 10.5 Å². The molecule has 0 fully saturated rings. The van der Waals surface area contributed by atoms with Crippen LogP contribution >= 0.6 is 15.9 Å². The fourth-order valence-corrected chi connectivity index (χ4v) is 1.91. The number of rotatable bonds is 3. The Morgan fingerprint density at radius 1 is 1.29 bits per heavy atom. The summed E-state index contributed by atoms with van der Waals surface area (Å²) in [5.74, 6) is 1.32. The fourth-order valence-electron chi connectivity index (χ4n) is 1.53. The SMILES string of the molecule is Cc1cc(CN)cc(Oc2cccc(Br)c2)n1. The summed E-state index contributed by atoms with van der Waals surface area (Å²) in [6.45, 7) is 2.41. The van der Waals surface area contributed by atoms with E-state index < -0.39 is 0 Å². The number of nitrogens with two attached hydrogens (primary N) is 1. The van der Waals surface area contributed by atoms with E-state index in [-0.39, 0.29) is 0 Å². The number of aromatic nitrogens is 1. The van der Waals surface area contributed by atoms with Crippen molar-refractivity contribution in [1.29, 1.82) is 0 Å². The molecule has 1 aromatic carbocycles. The van der Waals surface area contributed by atoms with E-state index in [4.69, 9.17) is 10.5 Å². The van der Waals surface area contributed by atoms with Gasteiger partial charge in [-0.15, -0.1) is 0 Å². The zero-order valence-corrected chi connectivity index (χ0v) is 11.1. The third-order valence-electron chi connectivity index (χ3n) is 2.24. The van der Waals surface area contributed by atoms with Crippen molar-refractivity contribution in [1.82, 2.24) is 4.98 Å². The second-order valence-corrected chi connectivity index (χ2v) is 4.63. The molecule has 0 saturated carbocycles. The first-order chi connectivity index (χ1) is 8.17. The van der Waals surface area contributed by atoms with E-state index in [0.717, 1.165) is 21.5 Å². The predicted molar refractivity (Wildman–Crippen MR) is 71.1 cm³/mol. The molecule has 17 heavy (non-hydrogen) atoms. The predicted octanol–water partition coefficient (Wildman–Crippen LogP) is 3.40. The molecule has 0 spiro atoms. The van der Waals surface area contributed by atoms with E-state index in [1.54, 1.807) is 0 Å². The molecule has 0 radical (unpaired) electrons. The average molecular weight is 293 g/mol. The summed E-state index contributed by atoms with van der Waals surface area (Å²) in [5.41, 5.74) is 7.53. The number of aryl methyl sites for hydroxylation is 1. The molecule has 0 aliphatic rings. The van der Waals surface area contributed by atoms with Crippen LogP contribution in [0.5, 0.6) is 11.6 Å². The molecule has 0 unspecified atom stereocenters. The molecule has 0 aliphatic heterocycles. The van der Waals surface area contributed by atoms with Crippen molar-refractivity contribution < 1.29 is 4.74 Å². The normalized spacial score (nSPS) is 10.3. The fraction of sp³-hybridized carbons (Fsp3) is 0.154. The summed E-state index contributed by atoms with van der Waals surface area (Å²) < 4.78 is 6.66. The molecule has 2 N–H and O–H groups in total. The van der Waals surface area contributed by atoms with Gasteiger partial charge in [0.1, 0.15) is 5.75 Å². The maximum absolute atomic E-state index is 5.69. The number of pyridine rings is 1. The van der Waals surface area contributed by atoms with E-state index in [1.165, 1.54) is 0 Å². The molecule has 0 saturated heterocycles. The topological polar surface area (TPSA) is 48.1 Å². The zero-order valence-electron chi connectivity index (χ0n) is 9.48. The van der Waals surface area contributed by atoms with Crippen LogP contribution in [0.15, 0.2) is 40.9 Å². The van der Waals surface area contributed by atoms with E-state index in [9.17, 15) is 0 Å². The van der Waals surface area contributed by atoms with Crippen molar-refractivity contribution >= 4 is 15.9 Å². The Kier molecular flexibility index (Phi) is 3.76. The van der Waals surface area contributed by atoms with Gasteiger partial charge in [-0.05, 0) is 36.8 Å². The zero-order chi connectivity index (χ0) is 12.3. The van der Waals surface area contributed by atoms with E-state index in [2.05, 4.69) is 20.9 Å². The number of hydrogen-bond acceptors (Lipinski definition) is 3. The summed E-state index contributed by atoms with van der Waals surface area (Å²) >= 11 is 3.40. The summed E-state index contributed by atoms with van der Waals surface area (Å²) in [5, 5.41) is 0. The smallest absolute Gasteiger partial charge is 0.219 e. The van der Waals surface area contributed by atoms with Gasteiger partial charge in [0.15, 0.2) is 0 Å². The van der Waals surface area contributed by atoms with Gasteiger partial charge in [-0.25, -0.2) is 4.98 Å². The molecule has 2 aromatic rings. The summed E-state index contributed by atoms with van der Waals surface area (Å²) in [7, 11) is 0. The highest BCUT2D eigenvalue weighted by atomic mass is 79.9. The molecule has 3 nitrogen and oxygen atoms in total. The standard InChI is InChI=1S/C13H13BrN2O/c1-9-5-10(8-15)6-13(16-9)17-12-4-2-3-11(14)7-12/h2-7H,8,15H2,1H3. The number of benzene rings is 1. The molecule has 0 aliphatic carbocycles. The minimum Gasteiger partial charge on any atom is -0.439 e. The van der Waals surface area contributed by atoms with Crippen molar-refractivity contribution in [3.63, 3.8) is 0 Å². The van der Waals surface area contributed by atoms with Crippen LogP contribution in [-0.2, 0) is 6.54 Å². The Morgan fingerprint density at radius 3 is 2.82 bits per heavy atom. The van der Waals surface area contributed by atoms with Crippen LogP contribution in [0.2, 0.25) is 0 Å². The summed E-state index contributed by atoms with van der Waals surface area (Å²) in [6, 6.07) is 11.5. The third kappa shape index (κ3) is 3.28. The van der Waals surface area contributed by atoms with Gasteiger partial charge in [0.05, 0.1) is 0 Å². The first-order valence-corrected chi connectivity index (χ1v) is 6.08. The Morgan fingerprint density at radius 2 is 2.12 bits per heavy atom. The maximum atomic E-state index is 5.69. The van der Waals surface area contributed by atoms with Gasteiger partial charge >= 0.3 is 0 Å². The lowest BCUT2D eigenvalue weighted by atomic mass is 10.2. The second-order valence-electron chi connectivity index (χ2n) is 3.72. The molecule has 0 atom stereocenters. The largest absolute Gasteiger partial charge is 0.439 e. The van der Waals surface area contributed by atoms with Crippen LogP contribution in [-0.4, -0.2) is 4.98 Å². The molecular weight excluding hydrogens is 280 g/mol. The average Bonchev–Trinajstić information content (AvgIpc) is 2.28. The van der Waals surface area contributed by atoms with Crippen LogP contribution in [0.3, 0.4) is 0 Å². The highest BCUT2D eigenvalue weighted by Crippen LogP contribution is 2.23. The van der Waals surface area contributed by atoms with E-state index >= 15 is 0 Å². The lowest BCUT2D eigenvalue weighted by Crippen LogP contribution is -1.99. The Labute approximate surface area is 109 Å². The lowest BCUT2D eigenvalue weighted by molar-refractivity contribution is 0.460. The molecule has 4 heteroatoms. The van der Waals surface area contributed by atoms with Crippen molar-refractivity contribution in [2.75, 3.05) is 0 Å². The van der Waals surface area contributed by atoms with Crippen molar-refractivity contribution in [2.45, 2.75) is 13.5 Å². The van der Waals surface area contributed by atoms with Gasteiger partial charge in [-0.1, -0.05) is 22.0 Å². The van der Waals surface area contributed by atoms with Crippen LogP contribution in [0, 0.1) is 6.92 Å². The molecule has 1 heterocycles. The van der Waals surface area contributed by atoms with E-state index in [0.29, 0.717) is 12.4 Å². The van der Waals surface area contributed by atoms with Gasteiger partial charge in [-0.2, -0.15) is 0 Å². The van der Waals surface area contributed by atoms with Gasteiger partial charge < -0.3 is 10.5 Å². The molecule has 0 bridgehead atoms. The van der Waals surface area contributed by atoms with Crippen LogP contribution in [0.4, 0.5) is 0 Å². The van der Waals surface area contributed by atoms with Crippen LogP contribution in [0.1, 0.15) is 11.3 Å². The number of hydrogen-bond donors (Lipinski definition) is 1. The Hall–Kier alpha value is -1.39. The highest BCUT2D eigenvalue weighted by molar-refractivity contribution is 9.10. The van der Waals surface area contributed by atoms with E-state index in [1.807, 2.05) is 43.3 Å². The third-order valence-corrected chi connectivity index (χ3v) is 2.74. The maximum Gasteiger partial charge on any atom is 0.219 e. The Bertz CT molecular complexity index is 529. The molecule has 2 rings (SSSR count). The van der Waals surface area contributed by atoms with Gasteiger partial charge in [0, 0.05) is 22.8 Å². The number of ether oxygens (including phenoxy) is 1. The molecule has 88 valence electrons. The number of nitrogens with zero attached hydrogens (tertiary/aromatic N) is 1. The van der Waals surface area contributed by atoms with Gasteiger partial charge in [0.2, 0.25) is 5.88 Å². The monoisotopic (exact) mass is 292 g/mol. The quantitative estimate of drug-likeness (QED) is 0.943. The van der Waals surface area contributed by atoms with Gasteiger partial charge in [-0.3, -0.25) is 0 Å². The van der Waals surface area contributed by atoms with Crippen molar-refractivity contribution in [3.05, 3.63) is 52.1 Å². The van der Waals surface area contributed by atoms with Gasteiger partial charge in [0.25, 0.3) is 0 Å². The molecule has 1 aromatic heterocycles. The minimum absolute atomic E-state index is 0.484. The lowest BCUT2D eigenvalue weighted by Gasteiger charge is -2.07. The van der Waals surface area contributed by atoms with Crippen molar-refractivity contribution in [3.8, 4) is 11.6 Å². The summed E-state index contributed by atoms with van der Waals surface area (Å²) in [6.07, 6.45) is 0. The summed E-state index contributed by atoms with van der Waals surface area (Å²) in [4.78, 5) is 4.31. The van der Waals surface area contributed by atoms with Crippen molar-refractivity contribution in [2.24, 2.45) is 5.73 Å². The highest BCUT2D eigenvalue weighted by Gasteiger charge is 2.02. The molecular formula is C13H13BrN2O.